The summed E-state index contributed by atoms with van der Waals surface area (Å²) in [6.07, 6.45) is 2.27. The Morgan fingerprint density at radius 3 is 1.72 bits per heavy atom. The highest BCUT2D eigenvalue weighted by molar-refractivity contribution is 5.91. The quantitative estimate of drug-likeness (QED) is 0.712. The minimum absolute atomic E-state index is 0.0662. The first-order valence-electron chi connectivity index (χ1n) is 7.87. The van der Waals surface area contributed by atoms with E-state index in [9.17, 15) is 9.59 Å². The summed E-state index contributed by atoms with van der Waals surface area (Å²) in [5.74, 6) is -1.30. The summed E-state index contributed by atoms with van der Waals surface area (Å²) in [7, 11) is 0. The molecule has 0 amide bonds. The lowest BCUT2D eigenvalue weighted by Crippen LogP contribution is -2.01. The second-order valence-corrected chi connectivity index (χ2v) is 5.15. The van der Waals surface area contributed by atoms with Gasteiger partial charge in [-0.3, -0.25) is 0 Å². The zero-order valence-corrected chi connectivity index (χ0v) is 14.0. The van der Waals surface area contributed by atoms with Crippen LogP contribution in [0.3, 0.4) is 0 Å². The Kier molecular flexibility index (Phi) is 8.74. The molecule has 0 saturated carbocycles. The van der Waals surface area contributed by atoms with Gasteiger partial charge in [-0.1, -0.05) is 25.5 Å². The molecule has 6 nitrogen and oxygen atoms in total. The van der Waals surface area contributed by atoms with E-state index in [0.717, 1.165) is 18.6 Å². The fraction of sp³-hybridized carbons (Fsp3) is 0.263. The third-order valence-corrected chi connectivity index (χ3v) is 3.20. The molecule has 0 unspecified atom stereocenters. The van der Waals surface area contributed by atoms with E-state index in [0.29, 0.717) is 6.61 Å². The van der Waals surface area contributed by atoms with Gasteiger partial charge in [0.15, 0.2) is 0 Å². The van der Waals surface area contributed by atoms with Crippen molar-refractivity contribution in [1.82, 2.24) is 0 Å². The maximum atomic E-state index is 10.3. The number of aryl methyl sites for hydroxylation is 1. The lowest BCUT2D eigenvalue weighted by Gasteiger charge is -2.04. The highest BCUT2D eigenvalue weighted by atomic mass is 16.5. The van der Waals surface area contributed by atoms with Crippen LogP contribution in [-0.4, -0.2) is 40.5 Å². The van der Waals surface area contributed by atoms with Crippen LogP contribution < -0.4 is 4.74 Å². The Bertz CT molecular complexity index is 628. The molecule has 134 valence electrons. The van der Waals surface area contributed by atoms with Crippen molar-refractivity contribution >= 4 is 11.9 Å². The SMILES string of the molecule is CCCc1ccc(OCCO)cc1.O=C(O)c1ccc(C(=O)O)cc1. The maximum absolute atomic E-state index is 10.3. The fourth-order valence-corrected chi connectivity index (χ4v) is 1.96. The molecule has 2 rings (SSSR count). The molecule has 2 aromatic rings. The van der Waals surface area contributed by atoms with Crippen molar-refractivity contribution in [2.24, 2.45) is 0 Å². The van der Waals surface area contributed by atoms with Crippen LogP contribution in [-0.2, 0) is 6.42 Å². The lowest BCUT2D eigenvalue weighted by molar-refractivity contribution is 0.0681. The number of aromatic carboxylic acids is 2. The lowest BCUT2D eigenvalue weighted by atomic mass is 10.1. The molecular weight excluding hydrogens is 324 g/mol. The standard InChI is InChI=1S/C11H16O2.C8H6O4/c1-2-3-10-4-6-11(7-5-10)13-9-8-12;9-7(10)5-1-2-6(4-3-5)8(11)12/h4-7,12H,2-3,8-9H2,1H3;1-4H,(H,9,10)(H,11,12). The van der Waals surface area contributed by atoms with E-state index >= 15 is 0 Å². The van der Waals surface area contributed by atoms with Crippen LogP contribution in [0, 0.1) is 0 Å². The molecule has 0 aliphatic carbocycles. The number of ether oxygens (including phenoxy) is 1. The Labute approximate surface area is 146 Å². The maximum Gasteiger partial charge on any atom is 0.335 e. The molecule has 0 bridgehead atoms. The number of hydrogen-bond donors (Lipinski definition) is 3. The van der Waals surface area contributed by atoms with Gasteiger partial charge in [-0.05, 0) is 48.4 Å². The van der Waals surface area contributed by atoms with Crippen molar-refractivity contribution < 1.29 is 29.6 Å². The van der Waals surface area contributed by atoms with Crippen molar-refractivity contribution in [3.8, 4) is 5.75 Å². The van der Waals surface area contributed by atoms with Gasteiger partial charge in [0.2, 0.25) is 0 Å². The predicted molar refractivity (Wildman–Crippen MR) is 93.4 cm³/mol. The molecule has 6 heteroatoms. The van der Waals surface area contributed by atoms with Gasteiger partial charge < -0.3 is 20.1 Å². The van der Waals surface area contributed by atoms with Gasteiger partial charge in [0, 0.05) is 0 Å². The van der Waals surface area contributed by atoms with Crippen molar-refractivity contribution in [2.45, 2.75) is 19.8 Å². The van der Waals surface area contributed by atoms with Gasteiger partial charge in [-0.15, -0.1) is 0 Å². The molecule has 0 atom stereocenters. The summed E-state index contributed by atoms with van der Waals surface area (Å²) >= 11 is 0. The third kappa shape index (κ3) is 7.50. The van der Waals surface area contributed by atoms with E-state index in [2.05, 4.69) is 19.1 Å². The smallest absolute Gasteiger partial charge is 0.335 e. The van der Waals surface area contributed by atoms with Gasteiger partial charge >= 0.3 is 11.9 Å². The summed E-state index contributed by atoms with van der Waals surface area (Å²) in [4.78, 5) is 20.7. The molecular formula is C19H22O6. The van der Waals surface area contributed by atoms with Gasteiger partial charge in [-0.2, -0.15) is 0 Å². The van der Waals surface area contributed by atoms with Crippen LogP contribution in [0.2, 0.25) is 0 Å². The number of benzene rings is 2. The third-order valence-electron chi connectivity index (χ3n) is 3.20. The first-order valence-corrected chi connectivity index (χ1v) is 7.87. The number of aliphatic hydroxyl groups is 1. The van der Waals surface area contributed by atoms with E-state index in [1.807, 2.05) is 12.1 Å². The van der Waals surface area contributed by atoms with Crippen molar-refractivity contribution in [1.29, 1.82) is 0 Å². The largest absolute Gasteiger partial charge is 0.491 e. The molecule has 2 aromatic carbocycles. The Morgan fingerprint density at radius 1 is 0.880 bits per heavy atom. The van der Waals surface area contributed by atoms with Crippen LogP contribution in [0.4, 0.5) is 0 Å². The van der Waals surface area contributed by atoms with Crippen LogP contribution in [0.25, 0.3) is 0 Å². The zero-order chi connectivity index (χ0) is 18.7. The Hall–Kier alpha value is -2.86. The van der Waals surface area contributed by atoms with Gasteiger partial charge in [-0.25, -0.2) is 9.59 Å². The molecule has 25 heavy (non-hydrogen) atoms. The predicted octanol–water partition coefficient (Wildman–Crippen LogP) is 3.09. The summed E-state index contributed by atoms with van der Waals surface area (Å²) in [6, 6.07) is 13.0. The van der Waals surface area contributed by atoms with Crippen LogP contribution in [0.15, 0.2) is 48.5 Å². The molecule has 3 N–H and O–H groups in total. The average Bonchev–Trinajstić information content (AvgIpc) is 2.62. The first kappa shape index (κ1) is 20.2. The van der Waals surface area contributed by atoms with Crippen molar-refractivity contribution in [3.63, 3.8) is 0 Å². The summed E-state index contributed by atoms with van der Waals surface area (Å²) in [5.41, 5.74) is 1.50. The van der Waals surface area contributed by atoms with Gasteiger partial charge in [0.05, 0.1) is 17.7 Å². The topological polar surface area (TPSA) is 104 Å². The van der Waals surface area contributed by atoms with E-state index in [1.165, 1.54) is 29.8 Å². The number of aliphatic hydroxyl groups excluding tert-OH is 1. The Balaban J connectivity index is 0.000000251. The van der Waals surface area contributed by atoms with Crippen LogP contribution in [0.5, 0.6) is 5.75 Å². The minimum Gasteiger partial charge on any atom is -0.491 e. The number of carbonyl (C=O) groups is 2. The van der Waals surface area contributed by atoms with E-state index in [-0.39, 0.29) is 17.7 Å². The average molecular weight is 346 g/mol. The highest BCUT2D eigenvalue weighted by Gasteiger charge is 2.04. The summed E-state index contributed by atoms with van der Waals surface area (Å²) in [5, 5.41) is 25.5. The minimum atomic E-state index is -1.06. The number of carboxylic acids is 2. The normalized spacial score (nSPS) is 9.68. The van der Waals surface area contributed by atoms with E-state index in [4.69, 9.17) is 20.1 Å². The van der Waals surface area contributed by atoms with Gasteiger partial charge in [0.1, 0.15) is 12.4 Å². The summed E-state index contributed by atoms with van der Waals surface area (Å²) in [6.45, 7) is 2.60. The molecule has 0 aliphatic heterocycles. The molecule has 0 saturated heterocycles. The first-order chi connectivity index (χ1) is 12.0. The number of carboxylic acid groups (broad SMARTS) is 2. The molecule has 0 aromatic heterocycles. The molecule has 0 aliphatic rings. The number of hydrogen-bond acceptors (Lipinski definition) is 4. The fourth-order valence-electron chi connectivity index (χ4n) is 1.96. The van der Waals surface area contributed by atoms with E-state index < -0.39 is 11.9 Å². The highest BCUT2D eigenvalue weighted by Crippen LogP contribution is 2.12. The summed E-state index contributed by atoms with van der Waals surface area (Å²) < 4.78 is 5.24. The van der Waals surface area contributed by atoms with Crippen molar-refractivity contribution in [3.05, 3.63) is 65.2 Å². The van der Waals surface area contributed by atoms with Crippen molar-refractivity contribution in [2.75, 3.05) is 13.2 Å². The second-order valence-electron chi connectivity index (χ2n) is 5.15. The van der Waals surface area contributed by atoms with Crippen LogP contribution in [0.1, 0.15) is 39.6 Å². The van der Waals surface area contributed by atoms with Crippen LogP contribution >= 0.6 is 0 Å². The molecule has 0 spiro atoms. The van der Waals surface area contributed by atoms with E-state index in [1.54, 1.807) is 0 Å². The number of rotatable bonds is 7. The Morgan fingerprint density at radius 2 is 1.36 bits per heavy atom. The molecule has 0 heterocycles. The van der Waals surface area contributed by atoms with Gasteiger partial charge in [0.25, 0.3) is 0 Å². The molecule has 0 radical (unpaired) electrons. The monoisotopic (exact) mass is 346 g/mol. The zero-order valence-electron chi connectivity index (χ0n) is 14.0. The molecule has 0 fully saturated rings. The second kappa shape index (κ2) is 10.8.